The van der Waals surface area contributed by atoms with Gasteiger partial charge in [0.1, 0.15) is 5.76 Å². The number of carbonyl (C=O) groups excluding carboxylic acids is 3. The molecule has 0 aromatic heterocycles. The molecule has 5 nitrogen and oxygen atoms in total. The van der Waals surface area contributed by atoms with E-state index in [0.29, 0.717) is 12.8 Å². The predicted molar refractivity (Wildman–Crippen MR) is 84.0 cm³/mol. The van der Waals surface area contributed by atoms with E-state index >= 15 is 0 Å². The summed E-state index contributed by atoms with van der Waals surface area (Å²) in [6, 6.07) is 0. The lowest BCUT2D eigenvalue weighted by atomic mass is 9.83. The Hall–Kier alpha value is -2.17. The van der Waals surface area contributed by atoms with Crippen LogP contribution in [-0.2, 0) is 14.4 Å². The maximum absolute atomic E-state index is 12.2. The van der Waals surface area contributed by atoms with Crippen LogP contribution in [0.3, 0.4) is 0 Å². The second-order valence-electron chi connectivity index (χ2n) is 5.87. The Morgan fingerprint density at radius 1 is 1.27 bits per heavy atom. The third-order valence-corrected chi connectivity index (χ3v) is 3.78. The van der Waals surface area contributed by atoms with Crippen LogP contribution in [-0.4, -0.2) is 35.0 Å². The van der Waals surface area contributed by atoms with Gasteiger partial charge in [-0.1, -0.05) is 18.6 Å². The Kier molecular flexibility index (Phi) is 5.85. The Morgan fingerprint density at radius 3 is 2.36 bits per heavy atom. The lowest BCUT2D eigenvalue weighted by molar-refractivity contribution is -0.133. The van der Waals surface area contributed by atoms with E-state index < -0.39 is 11.6 Å². The zero-order valence-electron chi connectivity index (χ0n) is 13.8. The maximum atomic E-state index is 12.2. The first-order valence-corrected chi connectivity index (χ1v) is 7.27. The smallest absolute Gasteiger partial charge is 0.233 e. The molecular formula is C17H23NO4. The van der Waals surface area contributed by atoms with Crippen molar-refractivity contribution in [2.45, 2.75) is 40.5 Å². The second-order valence-corrected chi connectivity index (χ2v) is 5.87. The maximum Gasteiger partial charge on any atom is 0.233 e. The number of nitrogens with zero attached hydrogens (tertiary/aromatic N) is 1. The van der Waals surface area contributed by atoms with Crippen LogP contribution in [0.2, 0.25) is 0 Å². The Bertz CT molecular complexity index is 592. The van der Waals surface area contributed by atoms with Crippen LogP contribution in [0, 0.1) is 5.92 Å². The summed E-state index contributed by atoms with van der Waals surface area (Å²) in [5, 5.41) is 10.4. The van der Waals surface area contributed by atoms with Gasteiger partial charge in [0, 0.05) is 12.6 Å². The van der Waals surface area contributed by atoms with Crippen LogP contribution in [0.25, 0.3) is 0 Å². The Balaban J connectivity index is 3.22. The van der Waals surface area contributed by atoms with Crippen LogP contribution >= 0.6 is 0 Å². The van der Waals surface area contributed by atoms with Gasteiger partial charge < -0.3 is 10.0 Å². The highest BCUT2D eigenvalue weighted by Crippen LogP contribution is 2.31. The SMILES string of the molecule is CC(C)=CCCC(C)C1=C(O)C(N(C)C=O)=C(C)C(=O)C1=O. The van der Waals surface area contributed by atoms with Crippen LogP contribution < -0.4 is 0 Å². The molecule has 1 unspecified atom stereocenters. The summed E-state index contributed by atoms with van der Waals surface area (Å²) in [4.78, 5) is 36.4. The average Bonchev–Trinajstić information content (AvgIpc) is 2.44. The largest absolute Gasteiger partial charge is 0.505 e. The molecule has 22 heavy (non-hydrogen) atoms. The van der Waals surface area contributed by atoms with E-state index in [1.807, 2.05) is 19.9 Å². The average molecular weight is 305 g/mol. The molecule has 5 heteroatoms. The van der Waals surface area contributed by atoms with Gasteiger partial charge >= 0.3 is 0 Å². The van der Waals surface area contributed by atoms with Gasteiger partial charge in [-0.25, -0.2) is 0 Å². The van der Waals surface area contributed by atoms with E-state index in [1.165, 1.54) is 19.5 Å². The first-order valence-electron chi connectivity index (χ1n) is 7.27. The molecule has 0 bridgehead atoms. The fourth-order valence-corrected chi connectivity index (χ4v) is 2.52. The van der Waals surface area contributed by atoms with Crippen molar-refractivity contribution in [2.24, 2.45) is 5.92 Å². The van der Waals surface area contributed by atoms with Crippen molar-refractivity contribution in [3.05, 3.63) is 34.3 Å². The van der Waals surface area contributed by atoms with Crippen molar-refractivity contribution in [2.75, 3.05) is 7.05 Å². The molecule has 0 saturated heterocycles. The predicted octanol–water partition coefficient (Wildman–Crippen LogP) is 2.70. The molecule has 0 spiro atoms. The van der Waals surface area contributed by atoms with Crippen molar-refractivity contribution in [1.29, 1.82) is 0 Å². The van der Waals surface area contributed by atoms with Crippen LogP contribution in [0.1, 0.15) is 40.5 Å². The fraction of sp³-hybridized carbons (Fsp3) is 0.471. The summed E-state index contributed by atoms with van der Waals surface area (Å²) in [5.41, 5.74) is 1.48. The van der Waals surface area contributed by atoms with E-state index in [-0.39, 0.29) is 28.5 Å². The van der Waals surface area contributed by atoms with Crippen molar-refractivity contribution in [3.8, 4) is 0 Å². The van der Waals surface area contributed by atoms with Gasteiger partial charge in [-0.2, -0.15) is 0 Å². The molecule has 0 aliphatic heterocycles. The standard InChI is InChI=1S/C17H23NO4/c1-10(2)7-6-8-11(3)13-16(21)14(18(5)9-19)12(4)15(20)17(13)22/h7,9,11,21H,6,8H2,1-5H3. The number of aliphatic hydroxyl groups excluding tert-OH is 1. The van der Waals surface area contributed by atoms with Crippen LogP contribution in [0.5, 0.6) is 0 Å². The molecule has 0 radical (unpaired) electrons. The van der Waals surface area contributed by atoms with Gasteiger partial charge in [0.05, 0.1) is 11.3 Å². The highest BCUT2D eigenvalue weighted by Gasteiger charge is 2.36. The molecule has 1 aliphatic carbocycles. The first kappa shape index (κ1) is 17.9. The molecule has 0 aromatic rings. The fourth-order valence-electron chi connectivity index (χ4n) is 2.52. The molecule has 0 heterocycles. The Morgan fingerprint density at radius 2 is 1.86 bits per heavy atom. The zero-order valence-corrected chi connectivity index (χ0v) is 13.8. The topological polar surface area (TPSA) is 74.7 Å². The molecule has 0 saturated carbocycles. The number of ketones is 2. The molecule has 1 rings (SSSR count). The van der Waals surface area contributed by atoms with E-state index in [1.54, 1.807) is 6.92 Å². The number of amides is 1. The summed E-state index contributed by atoms with van der Waals surface area (Å²) in [5.74, 6) is -1.87. The van der Waals surface area contributed by atoms with E-state index in [9.17, 15) is 19.5 Å². The molecule has 1 N–H and O–H groups in total. The number of hydrogen-bond acceptors (Lipinski definition) is 4. The minimum atomic E-state index is -0.678. The highest BCUT2D eigenvalue weighted by atomic mass is 16.3. The van der Waals surface area contributed by atoms with Crippen molar-refractivity contribution in [1.82, 2.24) is 4.90 Å². The lowest BCUT2D eigenvalue weighted by Crippen LogP contribution is -2.33. The van der Waals surface area contributed by atoms with Gasteiger partial charge in [-0.3, -0.25) is 14.4 Å². The number of hydrogen-bond donors (Lipinski definition) is 1. The van der Waals surface area contributed by atoms with Gasteiger partial charge in [-0.05, 0) is 39.5 Å². The summed E-state index contributed by atoms with van der Waals surface area (Å²) in [6.07, 6.45) is 3.94. The van der Waals surface area contributed by atoms with E-state index in [4.69, 9.17) is 0 Å². The molecule has 0 aromatic carbocycles. The summed E-state index contributed by atoms with van der Waals surface area (Å²) < 4.78 is 0. The third-order valence-electron chi connectivity index (χ3n) is 3.78. The van der Waals surface area contributed by atoms with Gasteiger partial charge in [-0.15, -0.1) is 0 Å². The minimum absolute atomic E-state index is 0.0948. The van der Waals surface area contributed by atoms with Crippen molar-refractivity contribution >= 4 is 18.0 Å². The number of allylic oxidation sites excluding steroid dienone is 4. The van der Waals surface area contributed by atoms with Crippen molar-refractivity contribution < 1.29 is 19.5 Å². The Labute approximate surface area is 131 Å². The summed E-state index contributed by atoms with van der Waals surface area (Å²) in [7, 11) is 1.44. The van der Waals surface area contributed by atoms with Gasteiger partial charge in [0.15, 0.2) is 0 Å². The first-order chi connectivity index (χ1) is 10.2. The lowest BCUT2D eigenvalue weighted by Gasteiger charge is -2.26. The number of rotatable bonds is 6. The minimum Gasteiger partial charge on any atom is -0.505 e. The molecular weight excluding hydrogens is 282 g/mol. The van der Waals surface area contributed by atoms with Crippen LogP contribution in [0.15, 0.2) is 34.3 Å². The van der Waals surface area contributed by atoms with Crippen molar-refractivity contribution in [3.63, 3.8) is 0 Å². The highest BCUT2D eigenvalue weighted by molar-refractivity contribution is 6.50. The van der Waals surface area contributed by atoms with Gasteiger partial charge in [0.2, 0.25) is 18.0 Å². The van der Waals surface area contributed by atoms with E-state index in [0.717, 1.165) is 11.3 Å². The van der Waals surface area contributed by atoms with Gasteiger partial charge in [0.25, 0.3) is 0 Å². The molecule has 120 valence electrons. The third kappa shape index (κ3) is 3.53. The van der Waals surface area contributed by atoms with Crippen LogP contribution in [0.4, 0.5) is 0 Å². The molecule has 1 atom stereocenters. The molecule has 0 fully saturated rings. The number of aliphatic hydroxyl groups is 1. The normalized spacial score (nSPS) is 16.8. The number of carbonyl (C=O) groups is 3. The van der Waals surface area contributed by atoms with E-state index in [2.05, 4.69) is 0 Å². The number of likely N-dealkylation sites (N-methyl/N-ethyl adjacent to an activating group) is 1. The quantitative estimate of drug-likeness (QED) is 0.354. The summed E-state index contributed by atoms with van der Waals surface area (Å²) >= 11 is 0. The molecule has 1 aliphatic rings. The summed E-state index contributed by atoms with van der Waals surface area (Å²) in [6.45, 7) is 7.21. The zero-order chi connectivity index (χ0) is 17.0. The number of Topliss-reactive ketones (excluding diaryl/α,β-unsaturated/α-hetero) is 2. The molecule has 1 amide bonds. The second kappa shape index (κ2) is 7.20. The monoisotopic (exact) mass is 305 g/mol.